The fraction of sp³-hybridized carbons (Fsp3) is 0.417. The molecule has 0 aliphatic rings. The van der Waals surface area contributed by atoms with Crippen LogP contribution in [0.1, 0.15) is 6.92 Å². The number of nitrogens with two attached hydrogens (primary N) is 1. The first-order valence-electron chi connectivity index (χ1n) is 6.00. The monoisotopic (exact) mass is 285 g/mol. The third-order valence-electron chi connectivity index (χ3n) is 2.57. The molecule has 0 aliphatic heterocycles. The molecule has 0 heterocycles. The molecule has 0 saturated heterocycles. The van der Waals surface area contributed by atoms with Gasteiger partial charge in [0.1, 0.15) is 0 Å². The molecular weight excluding hydrogens is 266 g/mol. The summed E-state index contributed by atoms with van der Waals surface area (Å²) >= 11 is 0. The lowest BCUT2D eigenvalue weighted by molar-refractivity contribution is -0.124. The van der Waals surface area contributed by atoms with Crippen LogP contribution in [0.2, 0.25) is 0 Å². The van der Waals surface area contributed by atoms with Gasteiger partial charge in [-0.2, -0.15) is 0 Å². The van der Waals surface area contributed by atoms with E-state index in [4.69, 9.17) is 5.73 Å². The number of nitrogens with one attached hydrogen (secondary N) is 2. The molecule has 4 N–H and O–H groups in total. The van der Waals surface area contributed by atoms with E-state index in [9.17, 15) is 13.2 Å². The van der Waals surface area contributed by atoms with Crippen LogP contribution in [0.15, 0.2) is 35.2 Å². The van der Waals surface area contributed by atoms with Crippen LogP contribution >= 0.6 is 0 Å². The van der Waals surface area contributed by atoms with E-state index in [-0.39, 0.29) is 36.4 Å². The Bertz CT molecular complexity index is 502. The molecule has 0 saturated carbocycles. The molecule has 1 aromatic carbocycles. The average molecular weight is 285 g/mol. The Morgan fingerprint density at radius 3 is 2.47 bits per heavy atom. The first-order valence-corrected chi connectivity index (χ1v) is 7.48. The quantitative estimate of drug-likeness (QED) is 0.597. The summed E-state index contributed by atoms with van der Waals surface area (Å²) in [6, 6.07) is 8.07. The van der Waals surface area contributed by atoms with Gasteiger partial charge in [-0.3, -0.25) is 4.79 Å². The zero-order valence-electron chi connectivity index (χ0n) is 10.8. The first kappa shape index (κ1) is 15.6. The number of carbonyl (C=O) groups is 1. The maximum absolute atomic E-state index is 11.8. The summed E-state index contributed by atoms with van der Waals surface area (Å²) in [5.41, 5.74) is 5.35. The third-order valence-corrected chi connectivity index (χ3v) is 4.05. The van der Waals surface area contributed by atoms with E-state index in [2.05, 4.69) is 10.0 Å². The molecule has 7 heteroatoms. The Balaban J connectivity index is 2.40. The van der Waals surface area contributed by atoms with E-state index in [0.717, 1.165) is 0 Å². The molecule has 0 spiro atoms. The summed E-state index contributed by atoms with van der Waals surface area (Å²) in [6.45, 7) is 2.35. The Labute approximate surface area is 113 Å². The topological polar surface area (TPSA) is 101 Å². The van der Waals surface area contributed by atoms with Crippen molar-refractivity contribution in [2.75, 3.05) is 19.6 Å². The minimum absolute atomic E-state index is 0.139. The normalized spacial score (nSPS) is 12.9. The molecule has 0 bridgehead atoms. The van der Waals surface area contributed by atoms with Gasteiger partial charge in [0.25, 0.3) is 0 Å². The van der Waals surface area contributed by atoms with E-state index >= 15 is 0 Å². The van der Waals surface area contributed by atoms with Gasteiger partial charge in [-0.05, 0) is 12.1 Å². The van der Waals surface area contributed by atoms with Gasteiger partial charge >= 0.3 is 0 Å². The molecule has 1 rings (SSSR count). The molecule has 19 heavy (non-hydrogen) atoms. The second-order valence-electron chi connectivity index (χ2n) is 4.14. The molecule has 1 aromatic rings. The Hall–Kier alpha value is -1.44. The van der Waals surface area contributed by atoms with Crippen LogP contribution in [0.4, 0.5) is 0 Å². The molecule has 0 aliphatic carbocycles. The number of rotatable bonds is 7. The Morgan fingerprint density at radius 2 is 1.89 bits per heavy atom. The zero-order chi connectivity index (χ0) is 14.3. The van der Waals surface area contributed by atoms with Gasteiger partial charge in [-0.25, -0.2) is 13.1 Å². The molecule has 1 atom stereocenters. The SMILES string of the molecule is CC(CN)C(=O)NCCNS(=O)(=O)c1ccccc1. The number of sulfonamides is 1. The van der Waals surface area contributed by atoms with Gasteiger partial charge < -0.3 is 11.1 Å². The number of carbonyl (C=O) groups excluding carboxylic acids is 1. The first-order chi connectivity index (χ1) is 8.97. The van der Waals surface area contributed by atoms with Crippen LogP contribution in [-0.2, 0) is 14.8 Å². The Morgan fingerprint density at radius 1 is 1.26 bits per heavy atom. The zero-order valence-corrected chi connectivity index (χ0v) is 11.6. The fourth-order valence-electron chi connectivity index (χ4n) is 1.34. The van der Waals surface area contributed by atoms with Crippen molar-refractivity contribution in [3.05, 3.63) is 30.3 Å². The summed E-state index contributed by atoms with van der Waals surface area (Å²) < 4.78 is 26.1. The lowest BCUT2D eigenvalue weighted by atomic mass is 10.2. The van der Waals surface area contributed by atoms with Gasteiger partial charge in [-0.1, -0.05) is 25.1 Å². The summed E-state index contributed by atoms with van der Waals surface area (Å²) in [5.74, 6) is -0.452. The van der Waals surface area contributed by atoms with Crippen LogP contribution in [0, 0.1) is 5.92 Å². The maximum Gasteiger partial charge on any atom is 0.240 e. The lowest BCUT2D eigenvalue weighted by Gasteiger charge is -2.10. The maximum atomic E-state index is 11.8. The summed E-state index contributed by atoms with van der Waals surface area (Å²) in [4.78, 5) is 11.6. The molecule has 1 amide bonds. The van der Waals surface area contributed by atoms with Crippen LogP contribution in [-0.4, -0.2) is 34.0 Å². The second kappa shape index (κ2) is 7.22. The van der Waals surface area contributed by atoms with Crippen LogP contribution in [0.25, 0.3) is 0 Å². The highest BCUT2D eigenvalue weighted by molar-refractivity contribution is 7.89. The summed E-state index contributed by atoms with van der Waals surface area (Å²) in [6.07, 6.45) is 0. The van der Waals surface area contributed by atoms with Crippen molar-refractivity contribution in [3.63, 3.8) is 0 Å². The highest BCUT2D eigenvalue weighted by Crippen LogP contribution is 2.06. The van der Waals surface area contributed by atoms with Crippen LogP contribution < -0.4 is 15.8 Å². The predicted molar refractivity (Wildman–Crippen MR) is 72.9 cm³/mol. The molecular formula is C12H19N3O3S. The predicted octanol–water partition coefficient (Wildman–Crippen LogP) is -0.324. The van der Waals surface area contributed by atoms with Gasteiger partial charge in [-0.15, -0.1) is 0 Å². The van der Waals surface area contributed by atoms with Gasteiger partial charge in [0, 0.05) is 25.6 Å². The van der Waals surface area contributed by atoms with E-state index < -0.39 is 10.0 Å². The van der Waals surface area contributed by atoms with E-state index in [1.54, 1.807) is 25.1 Å². The number of hydrogen-bond acceptors (Lipinski definition) is 4. The molecule has 106 valence electrons. The van der Waals surface area contributed by atoms with Gasteiger partial charge in [0.15, 0.2) is 0 Å². The fourth-order valence-corrected chi connectivity index (χ4v) is 2.39. The van der Waals surface area contributed by atoms with Crippen molar-refractivity contribution in [2.24, 2.45) is 11.7 Å². The van der Waals surface area contributed by atoms with E-state index in [0.29, 0.717) is 0 Å². The summed E-state index contributed by atoms with van der Waals surface area (Å²) in [5, 5.41) is 2.61. The minimum Gasteiger partial charge on any atom is -0.355 e. The molecule has 6 nitrogen and oxygen atoms in total. The van der Waals surface area contributed by atoms with Crippen LogP contribution in [0.3, 0.4) is 0 Å². The molecule has 0 fully saturated rings. The lowest BCUT2D eigenvalue weighted by Crippen LogP contribution is -2.38. The van der Waals surface area contributed by atoms with Crippen molar-refractivity contribution in [1.29, 1.82) is 0 Å². The average Bonchev–Trinajstić information content (AvgIpc) is 2.43. The van der Waals surface area contributed by atoms with Crippen molar-refractivity contribution in [3.8, 4) is 0 Å². The van der Waals surface area contributed by atoms with Crippen molar-refractivity contribution >= 4 is 15.9 Å². The third kappa shape index (κ3) is 4.98. The standard InChI is InChI=1S/C12H19N3O3S/c1-10(9-13)12(16)14-7-8-15-19(17,18)11-5-3-2-4-6-11/h2-6,10,15H,7-9,13H2,1H3,(H,14,16). The number of amides is 1. The van der Waals surface area contributed by atoms with Crippen molar-refractivity contribution in [2.45, 2.75) is 11.8 Å². The molecule has 0 radical (unpaired) electrons. The highest BCUT2D eigenvalue weighted by atomic mass is 32.2. The minimum atomic E-state index is -3.51. The van der Waals surface area contributed by atoms with Crippen LogP contribution in [0.5, 0.6) is 0 Å². The number of benzene rings is 1. The van der Waals surface area contributed by atoms with Gasteiger partial charge in [0.05, 0.1) is 4.90 Å². The molecule has 1 unspecified atom stereocenters. The number of hydrogen-bond donors (Lipinski definition) is 3. The Kier molecular flexibility index (Phi) is 5.94. The van der Waals surface area contributed by atoms with Gasteiger partial charge in [0.2, 0.25) is 15.9 Å². The smallest absolute Gasteiger partial charge is 0.240 e. The van der Waals surface area contributed by atoms with E-state index in [1.165, 1.54) is 12.1 Å². The summed E-state index contributed by atoms with van der Waals surface area (Å²) in [7, 11) is -3.51. The van der Waals surface area contributed by atoms with E-state index in [1.807, 2.05) is 0 Å². The molecule has 0 aromatic heterocycles. The van der Waals surface area contributed by atoms with Crippen molar-refractivity contribution in [1.82, 2.24) is 10.0 Å². The van der Waals surface area contributed by atoms with Crippen molar-refractivity contribution < 1.29 is 13.2 Å². The highest BCUT2D eigenvalue weighted by Gasteiger charge is 2.13. The second-order valence-corrected chi connectivity index (χ2v) is 5.91. The largest absolute Gasteiger partial charge is 0.355 e.